The molecule has 3 rings (SSSR count). The lowest BCUT2D eigenvalue weighted by atomic mass is 10.0. The summed E-state index contributed by atoms with van der Waals surface area (Å²) in [5.41, 5.74) is 2.25. The van der Waals surface area contributed by atoms with Crippen LogP contribution in [-0.4, -0.2) is 27.0 Å². The third kappa shape index (κ3) is 2.62. The predicted molar refractivity (Wildman–Crippen MR) is 91.1 cm³/mol. The van der Waals surface area contributed by atoms with Crippen molar-refractivity contribution >= 4 is 39.8 Å². The number of nitrogens with one attached hydrogen (secondary N) is 1. The number of aryl methyl sites for hydroxylation is 1. The van der Waals surface area contributed by atoms with Gasteiger partial charge in [0, 0.05) is 0 Å². The standard InChI is InChI=1S/C16H16N4OS/c1-3-6-13-19-20-14(17)12(15(21)18-16(20)22-13)9-11-8-5-4-7-10(11)2/h4-5,7-9,17H,3,6H2,1-2H3/b12-9-,17-14?. The molecule has 0 bridgehead atoms. The number of thioether (sulfide) groups is 1. The van der Waals surface area contributed by atoms with Gasteiger partial charge in [-0.15, -0.1) is 0 Å². The second kappa shape index (κ2) is 5.88. The van der Waals surface area contributed by atoms with Crippen molar-refractivity contribution in [1.82, 2.24) is 5.01 Å². The van der Waals surface area contributed by atoms with Gasteiger partial charge >= 0.3 is 0 Å². The minimum Gasteiger partial charge on any atom is -0.282 e. The lowest BCUT2D eigenvalue weighted by molar-refractivity contribution is -0.114. The first kappa shape index (κ1) is 14.7. The molecule has 2 heterocycles. The van der Waals surface area contributed by atoms with Crippen molar-refractivity contribution in [2.75, 3.05) is 0 Å². The molecule has 0 aliphatic carbocycles. The zero-order valence-corrected chi connectivity index (χ0v) is 13.3. The van der Waals surface area contributed by atoms with Crippen LogP contribution in [0.15, 0.2) is 39.9 Å². The van der Waals surface area contributed by atoms with Gasteiger partial charge in [0.1, 0.15) is 5.04 Å². The van der Waals surface area contributed by atoms with E-state index in [-0.39, 0.29) is 17.3 Å². The van der Waals surface area contributed by atoms with E-state index < -0.39 is 0 Å². The first-order valence-electron chi connectivity index (χ1n) is 7.15. The molecule has 1 aromatic rings. The molecule has 0 saturated heterocycles. The molecule has 5 nitrogen and oxygen atoms in total. The van der Waals surface area contributed by atoms with Crippen LogP contribution >= 0.6 is 11.8 Å². The Morgan fingerprint density at radius 3 is 2.86 bits per heavy atom. The van der Waals surface area contributed by atoms with Crippen LogP contribution in [0.4, 0.5) is 0 Å². The van der Waals surface area contributed by atoms with E-state index in [2.05, 4.69) is 17.0 Å². The fourth-order valence-corrected chi connectivity index (χ4v) is 3.24. The molecule has 2 aliphatic heterocycles. The van der Waals surface area contributed by atoms with E-state index in [0.29, 0.717) is 5.17 Å². The van der Waals surface area contributed by atoms with Crippen LogP contribution in [0.5, 0.6) is 0 Å². The molecule has 1 N–H and O–H groups in total. The van der Waals surface area contributed by atoms with Gasteiger partial charge < -0.3 is 0 Å². The molecule has 0 unspecified atom stereocenters. The van der Waals surface area contributed by atoms with Crippen molar-refractivity contribution in [3.8, 4) is 0 Å². The SMILES string of the molecule is CCCC1=NN2C(=N)/C(=C/c3ccccc3C)C(=O)N=C2S1. The van der Waals surface area contributed by atoms with Crippen LogP contribution in [0.25, 0.3) is 6.08 Å². The van der Waals surface area contributed by atoms with Gasteiger partial charge in [-0.3, -0.25) is 10.2 Å². The van der Waals surface area contributed by atoms with E-state index in [9.17, 15) is 4.79 Å². The zero-order valence-electron chi connectivity index (χ0n) is 12.5. The maximum absolute atomic E-state index is 12.2. The average Bonchev–Trinajstić information content (AvgIpc) is 2.88. The smallest absolute Gasteiger partial charge is 0.282 e. The number of hydrazone groups is 1. The topological polar surface area (TPSA) is 68.9 Å². The molecule has 0 saturated carbocycles. The number of benzene rings is 1. The lowest BCUT2D eigenvalue weighted by Gasteiger charge is -2.20. The maximum Gasteiger partial charge on any atom is 0.283 e. The fourth-order valence-electron chi connectivity index (χ4n) is 2.25. The summed E-state index contributed by atoms with van der Waals surface area (Å²) < 4.78 is 0. The van der Waals surface area contributed by atoms with Crippen molar-refractivity contribution in [1.29, 1.82) is 5.41 Å². The molecular weight excluding hydrogens is 296 g/mol. The van der Waals surface area contributed by atoms with Gasteiger partial charge in [0.15, 0.2) is 5.84 Å². The van der Waals surface area contributed by atoms with Gasteiger partial charge in [-0.1, -0.05) is 31.2 Å². The van der Waals surface area contributed by atoms with E-state index >= 15 is 0 Å². The van der Waals surface area contributed by atoms with E-state index in [1.165, 1.54) is 16.8 Å². The molecule has 0 fully saturated rings. The van der Waals surface area contributed by atoms with Gasteiger partial charge in [0.25, 0.3) is 5.91 Å². The van der Waals surface area contributed by atoms with E-state index in [1.54, 1.807) is 6.08 Å². The summed E-state index contributed by atoms with van der Waals surface area (Å²) in [6.07, 6.45) is 3.52. The van der Waals surface area contributed by atoms with Gasteiger partial charge in [-0.2, -0.15) is 15.1 Å². The Morgan fingerprint density at radius 2 is 2.14 bits per heavy atom. The summed E-state index contributed by atoms with van der Waals surface area (Å²) in [5, 5.41) is 15.5. The molecule has 0 radical (unpaired) electrons. The van der Waals surface area contributed by atoms with Gasteiger partial charge in [-0.05, 0) is 48.7 Å². The fraction of sp³-hybridized carbons (Fsp3) is 0.250. The third-order valence-electron chi connectivity index (χ3n) is 3.45. The van der Waals surface area contributed by atoms with E-state index in [1.807, 2.05) is 31.2 Å². The van der Waals surface area contributed by atoms with Crippen molar-refractivity contribution in [2.45, 2.75) is 26.7 Å². The van der Waals surface area contributed by atoms with Gasteiger partial charge in [0.05, 0.1) is 5.57 Å². The molecule has 1 aromatic carbocycles. The largest absolute Gasteiger partial charge is 0.283 e. The number of hydrogen-bond donors (Lipinski definition) is 1. The highest BCUT2D eigenvalue weighted by Crippen LogP contribution is 2.29. The van der Waals surface area contributed by atoms with Gasteiger partial charge in [-0.25, -0.2) is 0 Å². The van der Waals surface area contributed by atoms with Crippen molar-refractivity contribution in [3.63, 3.8) is 0 Å². The number of amidine groups is 2. The van der Waals surface area contributed by atoms with Crippen LogP contribution < -0.4 is 0 Å². The quantitative estimate of drug-likeness (QED) is 0.870. The molecule has 1 amide bonds. The van der Waals surface area contributed by atoms with Crippen LogP contribution in [0.2, 0.25) is 0 Å². The van der Waals surface area contributed by atoms with Gasteiger partial charge in [0.2, 0.25) is 5.17 Å². The summed E-state index contributed by atoms with van der Waals surface area (Å²) in [6.45, 7) is 4.05. The number of nitrogens with zero attached hydrogens (tertiary/aromatic N) is 3. The molecule has 0 spiro atoms. The highest BCUT2D eigenvalue weighted by Gasteiger charge is 2.35. The lowest BCUT2D eigenvalue weighted by Crippen LogP contribution is -2.35. The summed E-state index contributed by atoms with van der Waals surface area (Å²) >= 11 is 1.38. The summed E-state index contributed by atoms with van der Waals surface area (Å²) in [5.74, 6) is -0.281. The van der Waals surface area contributed by atoms with Crippen molar-refractivity contribution in [3.05, 3.63) is 41.0 Å². The second-order valence-electron chi connectivity index (χ2n) is 5.12. The first-order valence-corrected chi connectivity index (χ1v) is 7.96. The Bertz CT molecular complexity index is 748. The minimum absolute atomic E-state index is 0.0943. The Kier molecular flexibility index (Phi) is 3.94. The highest BCUT2D eigenvalue weighted by atomic mass is 32.2. The van der Waals surface area contributed by atoms with Crippen LogP contribution in [-0.2, 0) is 4.79 Å². The Balaban J connectivity index is 1.97. The second-order valence-corrected chi connectivity index (χ2v) is 6.16. The van der Waals surface area contributed by atoms with Crippen LogP contribution in [0, 0.1) is 12.3 Å². The maximum atomic E-state index is 12.2. The monoisotopic (exact) mass is 312 g/mol. The number of aliphatic imine (C=N–C) groups is 1. The molecule has 6 heteroatoms. The van der Waals surface area contributed by atoms with Crippen LogP contribution in [0.1, 0.15) is 30.9 Å². The third-order valence-corrected chi connectivity index (χ3v) is 4.42. The van der Waals surface area contributed by atoms with Crippen LogP contribution in [0.3, 0.4) is 0 Å². The Labute approximate surface area is 133 Å². The number of rotatable bonds is 3. The summed E-state index contributed by atoms with van der Waals surface area (Å²) in [7, 11) is 0. The molecule has 0 atom stereocenters. The number of hydrogen-bond acceptors (Lipinski definition) is 4. The average molecular weight is 312 g/mol. The zero-order chi connectivity index (χ0) is 15.7. The number of fused-ring (bicyclic) bond motifs is 1. The van der Waals surface area contributed by atoms with E-state index in [4.69, 9.17) is 5.41 Å². The Morgan fingerprint density at radius 1 is 1.36 bits per heavy atom. The summed E-state index contributed by atoms with van der Waals surface area (Å²) in [4.78, 5) is 16.3. The molecular formula is C16H16N4OS. The molecule has 22 heavy (non-hydrogen) atoms. The Hall–Kier alpha value is -2.21. The number of amides is 1. The van der Waals surface area contributed by atoms with Crippen molar-refractivity contribution in [2.24, 2.45) is 10.1 Å². The predicted octanol–water partition coefficient (Wildman–Crippen LogP) is 3.41. The normalized spacial score (nSPS) is 19.4. The number of carbonyl (C=O) groups excluding carboxylic acids is 1. The van der Waals surface area contributed by atoms with Crippen molar-refractivity contribution < 1.29 is 4.79 Å². The number of carbonyl (C=O) groups is 1. The molecule has 0 aromatic heterocycles. The minimum atomic E-state index is -0.375. The molecule has 2 aliphatic rings. The highest BCUT2D eigenvalue weighted by molar-refractivity contribution is 8.26. The first-order chi connectivity index (χ1) is 10.6. The summed E-state index contributed by atoms with van der Waals surface area (Å²) in [6, 6.07) is 7.75. The van der Waals surface area contributed by atoms with E-state index in [0.717, 1.165) is 29.0 Å². The molecule has 112 valence electrons.